The molecule has 0 saturated heterocycles. The molecule has 0 atom stereocenters. The van der Waals surface area contributed by atoms with Crippen LogP contribution in [0.4, 0.5) is 5.69 Å². The number of anilines is 1. The minimum Gasteiger partial charge on any atom is -0.494 e. The molecule has 0 aliphatic carbocycles. The van der Waals surface area contributed by atoms with E-state index >= 15 is 0 Å². The standard InChI is InChI=1S/C16H15N3O2S/c1-9-4-13(15-7-22-8-17-15)19-12-6-16(21-3)14(5-11(9)12)18-10(2)20/h4-8H,1-3H3,(H,18,20). The summed E-state index contributed by atoms with van der Waals surface area (Å²) >= 11 is 1.54. The van der Waals surface area contributed by atoms with Crippen molar-refractivity contribution in [3.63, 3.8) is 0 Å². The number of nitrogens with one attached hydrogen (secondary N) is 1. The molecule has 6 heteroatoms. The maximum Gasteiger partial charge on any atom is 0.221 e. The number of rotatable bonds is 3. The lowest BCUT2D eigenvalue weighted by molar-refractivity contribution is -0.114. The van der Waals surface area contributed by atoms with Crippen LogP contribution in [0.3, 0.4) is 0 Å². The highest BCUT2D eigenvalue weighted by Crippen LogP contribution is 2.33. The number of ether oxygens (including phenoxy) is 1. The molecule has 3 aromatic rings. The van der Waals surface area contributed by atoms with Crippen molar-refractivity contribution < 1.29 is 9.53 Å². The van der Waals surface area contributed by atoms with Crippen LogP contribution in [0.2, 0.25) is 0 Å². The predicted octanol–water partition coefficient (Wildman–Crippen LogP) is 3.63. The van der Waals surface area contributed by atoms with E-state index in [1.165, 1.54) is 18.3 Å². The number of carbonyl (C=O) groups excluding carboxylic acids is 1. The van der Waals surface area contributed by atoms with E-state index in [1.54, 1.807) is 12.6 Å². The van der Waals surface area contributed by atoms with Crippen molar-refractivity contribution >= 4 is 33.8 Å². The number of thiazole rings is 1. The Morgan fingerprint density at radius 2 is 2.09 bits per heavy atom. The van der Waals surface area contributed by atoms with E-state index in [0.29, 0.717) is 11.4 Å². The van der Waals surface area contributed by atoms with Gasteiger partial charge in [0.2, 0.25) is 5.91 Å². The first-order chi connectivity index (χ1) is 10.6. The fraction of sp³-hybridized carbons (Fsp3) is 0.188. The van der Waals surface area contributed by atoms with Gasteiger partial charge in [-0.3, -0.25) is 4.79 Å². The number of fused-ring (bicyclic) bond motifs is 1. The predicted molar refractivity (Wildman–Crippen MR) is 88.4 cm³/mol. The third-order valence-corrected chi connectivity index (χ3v) is 3.93. The molecule has 22 heavy (non-hydrogen) atoms. The Morgan fingerprint density at radius 1 is 1.27 bits per heavy atom. The molecule has 5 nitrogen and oxygen atoms in total. The summed E-state index contributed by atoms with van der Waals surface area (Å²) in [6, 6.07) is 5.73. The van der Waals surface area contributed by atoms with Gasteiger partial charge in [-0.15, -0.1) is 11.3 Å². The smallest absolute Gasteiger partial charge is 0.221 e. The van der Waals surface area contributed by atoms with Crippen LogP contribution in [0.15, 0.2) is 29.1 Å². The van der Waals surface area contributed by atoms with Gasteiger partial charge in [-0.2, -0.15) is 0 Å². The Morgan fingerprint density at radius 3 is 2.73 bits per heavy atom. The van der Waals surface area contributed by atoms with Gasteiger partial charge in [0, 0.05) is 23.8 Å². The Kier molecular flexibility index (Phi) is 3.77. The molecule has 0 bridgehead atoms. The van der Waals surface area contributed by atoms with Gasteiger partial charge in [0.1, 0.15) is 5.75 Å². The summed E-state index contributed by atoms with van der Waals surface area (Å²) < 4.78 is 5.36. The van der Waals surface area contributed by atoms with Gasteiger partial charge < -0.3 is 10.1 Å². The van der Waals surface area contributed by atoms with Gasteiger partial charge in [0.15, 0.2) is 0 Å². The van der Waals surface area contributed by atoms with Crippen molar-refractivity contribution in [2.45, 2.75) is 13.8 Å². The van der Waals surface area contributed by atoms with Crippen molar-refractivity contribution in [2.24, 2.45) is 0 Å². The highest BCUT2D eigenvalue weighted by molar-refractivity contribution is 7.07. The number of aromatic nitrogens is 2. The first kappa shape index (κ1) is 14.5. The summed E-state index contributed by atoms with van der Waals surface area (Å²) in [6.45, 7) is 3.49. The van der Waals surface area contributed by atoms with Crippen LogP contribution in [-0.4, -0.2) is 23.0 Å². The highest BCUT2D eigenvalue weighted by Gasteiger charge is 2.12. The Labute approximate surface area is 132 Å². The largest absolute Gasteiger partial charge is 0.494 e. The zero-order valence-corrected chi connectivity index (χ0v) is 13.3. The Hall–Kier alpha value is -2.47. The molecule has 1 aromatic carbocycles. The molecule has 1 N–H and O–H groups in total. The molecule has 1 amide bonds. The van der Waals surface area contributed by atoms with Gasteiger partial charge >= 0.3 is 0 Å². The maximum atomic E-state index is 11.3. The van der Waals surface area contributed by atoms with E-state index in [4.69, 9.17) is 4.74 Å². The number of methoxy groups -OCH3 is 1. The fourth-order valence-electron chi connectivity index (χ4n) is 2.35. The van der Waals surface area contributed by atoms with Crippen molar-refractivity contribution in [1.29, 1.82) is 0 Å². The quantitative estimate of drug-likeness (QED) is 0.802. The van der Waals surface area contributed by atoms with Crippen LogP contribution in [0, 0.1) is 6.92 Å². The second-order valence-electron chi connectivity index (χ2n) is 4.95. The molecule has 2 aromatic heterocycles. The molecule has 112 valence electrons. The molecular weight excluding hydrogens is 298 g/mol. The van der Waals surface area contributed by atoms with Crippen LogP contribution < -0.4 is 10.1 Å². The number of pyridine rings is 1. The van der Waals surface area contributed by atoms with Gasteiger partial charge in [-0.25, -0.2) is 9.97 Å². The van der Waals surface area contributed by atoms with Crippen molar-refractivity contribution in [3.8, 4) is 17.1 Å². The number of carbonyl (C=O) groups is 1. The van der Waals surface area contributed by atoms with E-state index in [9.17, 15) is 4.79 Å². The lowest BCUT2D eigenvalue weighted by Crippen LogP contribution is -2.07. The summed E-state index contributed by atoms with van der Waals surface area (Å²) in [7, 11) is 1.57. The van der Waals surface area contributed by atoms with E-state index < -0.39 is 0 Å². The molecule has 0 fully saturated rings. The monoisotopic (exact) mass is 313 g/mol. The minimum absolute atomic E-state index is 0.137. The summed E-state index contributed by atoms with van der Waals surface area (Å²) in [6.07, 6.45) is 0. The summed E-state index contributed by atoms with van der Waals surface area (Å²) in [5.41, 5.74) is 6.02. The second-order valence-corrected chi connectivity index (χ2v) is 5.67. The number of hydrogen-bond acceptors (Lipinski definition) is 5. The number of hydrogen-bond donors (Lipinski definition) is 1. The summed E-state index contributed by atoms with van der Waals surface area (Å²) in [5, 5.41) is 5.73. The van der Waals surface area contributed by atoms with Gasteiger partial charge in [-0.1, -0.05) is 0 Å². The average Bonchev–Trinajstić information content (AvgIpc) is 3.00. The molecule has 0 spiro atoms. The van der Waals surface area contributed by atoms with Crippen LogP contribution in [0.1, 0.15) is 12.5 Å². The van der Waals surface area contributed by atoms with Crippen molar-refractivity contribution in [2.75, 3.05) is 12.4 Å². The molecule has 0 aliphatic heterocycles. The van der Waals surface area contributed by atoms with Gasteiger partial charge in [0.05, 0.1) is 35.2 Å². The summed E-state index contributed by atoms with van der Waals surface area (Å²) in [5.74, 6) is 0.451. The zero-order valence-electron chi connectivity index (χ0n) is 12.5. The molecule has 2 heterocycles. The van der Waals surface area contributed by atoms with E-state index in [1.807, 2.05) is 30.5 Å². The van der Waals surface area contributed by atoms with Crippen LogP contribution in [0.25, 0.3) is 22.3 Å². The average molecular weight is 313 g/mol. The third-order valence-electron chi connectivity index (χ3n) is 3.34. The van der Waals surface area contributed by atoms with E-state index in [0.717, 1.165) is 27.9 Å². The maximum absolute atomic E-state index is 11.3. The molecular formula is C16H15N3O2S. The normalized spacial score (nSPS) is 10.7. The van der Waals surface area contributed by atoms with E-state index in [-0.39, 0.29) is 5.91 Å². The molecule has 0 radical (unpaired) electrons. The van der Waals surface area contributed by atoms with Crippen LogP contribution in [0.5, 0.6) is 5.75 Å². The number of nitrogens with zero attached hydrogens (tertiary/aromatic N) is 2. The highest BCUT2D eigenvalue weighted by atomic mass is 32.1. The molecule has 0 aliphatic rings. The zero-order chi connectivity index (χ0) is 15.7. The fourth-order valence-corrected chi connectivity index (χ4v) is 2.89. The first-order valence-corrected chi connectivity index (χ1v) is 7.68. The van der Waals surface area contributed by atoms with Crippen molar-refractivity contribution in [1.82, 2.24) is 9.97 Å². The Balaban J connectivity index is 2.20. The number of benzene rings is 1. The number of aryl methyl sites for hydroxylation is 1. The summed E-state index contributed by atoms with van der Waals surface area (Å²) in [4.78, 5) is 20.3. The van der Waals surface area contributed by atoms with Crippen LogP contribution >= 0.6 is 11.3 Å². The topological polar surface area (TPSA) is 64.1 Å². The van der Waals surface area contributed by atoms with Gasteiger partial charge in [-0.05, 0) is 24.6 Å². The first-order valence-electron chi connectivity index (χ1n) is 6.74. The molecule has 0 saturated carbocycles. The second kappa shape index (κ2) is 5.73. The number of amides is 1. The lowest BCUT2D eigenvalue weighted by Gasteiger charge is -2.12. The van der Waals surface area contributed by atoms with Crippen LogP contribution in [-0.2, 0) is 4.79 Å². The molecule has 3 rings (SSSR count). The lowest BCUT2D eigenvalue weighted by atomic mass is 10.1. The van der Waals surface area contributed by atoms with E-state index in [2.05, 4.69) is 15.3 Å². The third kappa shape index (κ3) is 2.65. The van der Waals surface area contributed by atoms with Crippen molar-refractivity contribution in [3.05, 3.63) is 34.7 Å². The molecule has 0 unspecified atom stereocenters. The SMILES string of the molecule is COc1cc2nc(-c3cscn3)cc(C)c2cc1NC(C)=O. The van der Waals surface area contributed by atoms with Gasteiger partial charge in [0.25, 0.3) is 0 Å². The minimum atomic E-state index is -0.137. The Bertz CT molecular complexity index is 844.